The molecule has 0 amide bonds. The van der Waals surface area contributed by atoms with Crippen molar-refractivity contribution in [1.29, 1.82) is 0 Å². The molecule has 2 unspecified atom stereocenters. The molecule has 14 heavy (non-hydrogen) atoms. The number of nitrogens with zero attached hydrogens (tertiary/aromatic N) is 1. The fraction of sp³-hybridized carbons (Fsp3) is 0.700. The average molecular weight is 192 g/mol. The van der Waals surface area contributed by atoms with Gasteiger partial charge in [0.25, 0.3) is 0 Å². The summed E-state index contributed by atoms with van der Waals surface area (Å²) in [5.41, 5.74) is 2.55. The van der Waals surface area contributed by atoms with E-state index in [9.17, 15) is 0 Å². The summed E-state index contributed by atoms with van der Waals surface area (Å²) in [4.78, 5) is 7.66. The van der Waals surface area contributed by atoms with Crippen LogP contribution in [0.15, 0.2) is 6.33 Å². The highest BCUT2D eigenvalue weighted by Crippen LogP contribution is 2.26. The maximum absolute atomic E-state index is 4.42. The summed E-state index contributed by atoms with van der Waals surface area (Å²) < 4.78 is 0. The number of hydrogen-bond acceptors (Lipinski definition) is 3. The lowest BCUT2D eigenvalue weighted by molar-refractivity contribution is 0.389. The summed E-state index contributed by atoms with van der Waals surface area (Å²) in [6, 6.07) is 1.00. The topological polar surface area (TPSA) is 52.7 Å². The molecule has 0 spiro atoms. The first-order valence-corrected chi connectivity index (χ1v) is 5.44. The molecule has 0 aliphatic carbocycles. The Labute approximate surface area is 83.5 Å². The Hall–Kier alpha value is -0.870. The summed E-state index contributed by atoms with van der Waals surface area (Å²) >= 11 is 0. The van der Waals surface area contributed by atoms with Crippen LogP contribution in [0.25, 0.3) is 0 Å². The molecule has 0 aromatic carbocycles. The fourth-order valence-electron chi connectivity index (χ4n) is 2.58. The zero-order valence-corrected chi connectivity index (χ0v) is 8.21. The predicted molar refractivity (Wildman–Crippen MR) is 54.1 cm³/mol. The van der Waals surface area contributed by atoms with Gasteiger partial charge in [0.15, 0.2) is 0 Å². The van der Waals surface area contributed by atoms with Gasteiger partial charge in [-0.3, -0.25) is 0 Å². The van der Waals surface area contributed by atoms with E-state index >= 15 is 0 Å². The number of fused-ring (bicyclic) bond motifs is 1. The van der Waals surface area contributed by atoms with Crippen molar-refractivity contribution >= 4 is 0 Å². The number of nitrogens with one attached hydrogen (secondary N) is 3. The lowest BCUT2D eigenvalue weighted by Crippen LogP contribution is -2.42. The van der Waals surface area contributed by atoms with Crippen LogP contribution < -0.4 is 10.6 Å². The van der Waals surface area contributed by atoms with E-state index in [1.54, 1.807) is 0 Å². The molecule has 1 aromatic rings. The minimum absolute atomic E-state index is 0.424. The van der Waals surface area contributed by atoms with E-state index in [0.29, 0.717) is 12.1 Å². The van der Waals surface area contributed by atoms with Crippen molar-refractivity contribution in [1.82, 2.24) is 20.6 Å². The van der Waals surface area contributed by atoms with Gasteiger partial charge in [0, 0.05) is 24.7 Å². The molecule has 1 saturated heterocycles. The number of aromatic nitrogens is 2. The third-order valence-electron chi connectivity index (χ3n) is 3.29. The van der Waals surface area contributed by atoms with Crippen LogP contribution in [0.2, 0.25) is 0 Å². The first-order chi connectivity index (χ1) is 6.95. The van der Waals surface area contributed by atoms with Crippen molar-refractivity contribution in [3.05, 3.63) is 17.7 Å². The van der Waals surface area contributed by atoms with E-state index in [1.165, 1.54) is 24.2 Å². The standard InChI is InChI=1S/C10H16N4/c1-2-7(11-4-1)9-10-8(3-5-12-9)13-6-14-10/h6-7,9,11-12H,1-5H2,(H,13,14). The zero-order valence-electron chi connectivity index (χ0n) is 8.21. The van der Waals surface area contributed by atoms with E-state index in [0.717, 1.165) is 19.5 Å². The van der Waals surface area contributed by atoms with Gasteiger partial charge in [-0.1, -0.05) is 0 Å². The molecule has 0 saturated carbocycles. The Balaban J connectivity index is 1.88. The summed E-state index contributed by atoms with van der Waals surface area (Å²) in [6.45, 7) is 2.22. The van der Waals surface area contributed by atoms with Crippen LogP contribution in [-0.2, 0) is 6.42 Å². The number of aromatic amines is 1. The maximum atomic E-state index is 4.42. The van der Waals surface area contributed by atoms with Gasteiger partial charge in [-0.2, -0.15) is 0 Å². The molecule has 0 bridgehead atoms. The van der Waals surface area contributed by atoms with E-state index < -0.39 is 0 Å². The molecule has 4 heteroatoms. The van der Waals surface area contributed by atoms with Gasteiger partial charge in [0.1, 0.15) is 0 Å². The van der Waals surface area contributed by atoms with Gasteiger partial charge >= 0.3 is 0 Å². The summed E-state index contributed by atoms with van der Waals surface area (Å²) in [7, 11) is 0. The van der Waals surface area contributed by atoms with Crippen molar-refractivity contribution in [3.8, 4) is 0 Å². The minimum Gasteiger partial charge on any atom is -0.348 e. The second-order valence-electron chi connectivity index (χ2n) is 4.15. The van der Waals surface area contributed by atoms with Gasteiger partial charge in [-0.05, 0) is 19.4 Å². The number of hydrogen-bond donors (Lipinski definition) is 3. The van der Waals surface area contributed by atoms with Gasteiger partial charge in [0.05, 0.1) is 18.1 Å². The quantitative estimate of drug-likeness (QED) is 0.602. The minimum atomic E-state index is 0.424. The molecule has 3 heterocycles. The molecule has 2 atom stereocenters. The van der Waals surface area contributed by atoms with Crippen molar-refractivity contribution in [2.75, 3.05) is 13.1 Å². The van der Waals surface area contributed by atoms with Crippen LogP contribution in [0.3, 0.4) is 0 Å². The lowest BCUT2D eigenvalue weighted by atomic mass is 9.97. The normalized spacial score (nSPS) is 31.7. The summed E-state index contributed by atoms with van der Waals surface area (Å²) in [5.74, 6) is 0. The molecule has 3 rings (SSSR count). The fourth-order valence-corrected chi connectivity index (χ4v) is 2.58. The Morgan fingerprint density at radius 3 is 3.14 bits per heavy atom. The lowest BCUT2D eigenvalue weighted by Gasteiger charge is -2.28. The molecule has 76 valence electrons. The second kappa shape index (κ2) is 3.37. The Morgan fingerprint density at radius 2 is 2.29 bits per heavy atom. The zero-order chi connectivity index (χ0) is 9.38. The number of imidazole rings is 1. The van der Waals surface area contributed by atoms with Gasteiger partial charge < -0.3 is 15.6 Å². The molecule has 2 aliphatic rings. The van der Waals surface area contributed by atoms with Crippen LogP contribution in [0.1, 0.15) is 30.3 Å². The highest BCUT2D eigenvalue weighted by Gasteiger charge is 2.30. The van der Waals surface area contributed by atoms with Crippen LogP contribution in [0.4, 0.5) is 0 Å². The van der Waals surface area contributed by atoms with Gasteiger partial charge in [0.2, 0.25) is 0 Å². The third kappa shape index (κ3) is 1.26. The van der Waals surface area contributed by atoms with E-state index in [4.69, 9.17) is 0 Å². The first kappa shape index (κ1) is 8.44. The maximum Gasteiger partial charge on any atom is 0.0925 e. The van der Waals surface area contributed by atoms with Crippen LogP contribution in [-0.4, -0.2) is 29.1 Å². The van der Waals surface area contributed by atoms with Crippen molar-refractivity contribution in [2.45, 2.75) is 31.3 Å². The second-order valence-corrected chi connectivity index (χ2v) is 4.15. The first-order valence-electron chi connectivity index (χ1n) is 5.44. The molecular formula is C10H16N4. The summed E-state index contributed by atoms with van der Waals surface area (Å²) in [5, 5.41) is 7.10. The largest absolute Gasteiger partial charge is 0.348 e. The van der Waals surface area contributed by atoms with Crippen molar-refractivity contribution in [2.24, 2.45) is 0 Å². The van der Waals surface area contributed by atoms with E-state index in [-0.39, 0.29) is 0 Å². The number of H-pyrrole nitrogens is 1. The Morgan fingerprint density at radius 1 is 1.29 bits per heavy atom. The molecule has 2 aliphatic heterocycles. The molecule has 0 radical (unpaired) electrons. The van der Waals surface area contributed by atoms with Crippen LogP contribution in [0.5, 0.6) is 0 Å². The average Bonchev–Trinajstić information content (AvgIpc) is 2.88. The molecule has 1 fully saturated rings. The molecular weight excluding hydrogens is 176 g/mol. The van der Waals surface area contributed by atoms with Crippen LogP contribution >= 0.6 is 0 Å². The van der Waals surface area contributed by atoms with E-state index in [1.807, 2.05) is 6.33 Å². The predicted octanol–water partition coefficient (Wildman–Crippen LogP) is 0.349. The van der Waals surface area contributed by atoms with E-state index in [2.05, 4.69) is 20.6 Å². The summed E-state index contributed by atoms with van der Waals surface area (Å²) in [6.07, 6.45) is 5.46. The number of rotatable bonds is 1. The third-order valence-corrected chi connectivity index (χ3v) is 3.29. The van der Waals surface area contributed by atoms with Gasteiger partial charge in [-0.15, -0.1) is 0 Å². The molecule has 4 nitrogen and oxygen atoms in total. The highest BCUT2D eigenvalue weighted by atomic mass is 15.1. The Bertz CT molecular complexity index is 314. The van der Waals surface area contributed by atoms with Crippen molar-refractivity contribution < 1.29 is 0 Å². The van der Waals surface area contributed by atoms with Crippen molar-refractivity contribution in [3.63, 3.8) is 0 Å². The van der Waals surface area contributed by atoms with Gasteiger partial charge in [-0.25, -0.2) is 4.98 Å². The monoisotopic (exact) mass is 192 g/mol. The smallest absolute Gasteiger partial charge is 0.0925 e. The SMILES string of the molecule is c1nc2c([nH]1)CCNC2C1CCCN1. The van der Waals surface area contributed by atoms with Crippen LogP contribution in [0, 0.1) is 0 Å². The molecule has 3 N–H and O–H groups in total. The Kier molecular flexibility index (Phi) is 2.03. The molecule has 1 aromatic heterocycles. The highest BCUT2D eigenvalue weighted by molar-refractivity contribution is 5.21.